The van der Waals surface area contributed by atoms with Crippen LogP contribution in [0.25, 0.3) is 113 Å². The second kappa shape index (κ2) is 16.9. The molecule has 0 saturated heterocycles. The van der Waals surface area contributed by atoms with Gasteiger partial charge in [-0.1, -0.05) is 70.8 Å². The zero-order chi connectivity index (χ0) is 48.9. The molecular formula is C64H58N4O2. The van der Waals surface area contributed by atoms with Crippen molar-refractivity contribution in [3.8, 4) is 44.5 Å². The summed E-state index contributed by atoms with van der Waals surface area (Å²) >= 11 is 0. The van der Waals surface area contributed by atoms with Crippen LogP contribution in [0, 0.1) is 83.1 Å². The average Bonchev–Trinajstić information content (AvgIpc) is 4.15. The zero-order valence-corrected chi connectivity index (χ0v) is 42.3. The van der Waals surface area contributed by atoms with Gasteiger partial charge in [0.15, 0.2) is 0 Å². The number of H-pyrrole nitrogens is 2. The normalized spacial score (nSPS) is 12.2. The second-order valence-corrected chi connectivity index (χ2v) is 19.9. The fourth-order valence-corrected chi connectivity index (χ4v) is 11.7. The predicted octanol–water partition coefficient (Wildman–Crippen LogP) is 17.6. The highest BCUT2D eigenvalue weighted by Crippen LogP contribution is 2.43. The largest absolute Gasteiger partial charge is 0.456 e. The highest BCUT2D eigenvalue weighted by Gasteiger charge is 2.22. The first kappa shape index (κ1) is 44.5. The van der Waals surface area contributed by atoms with Crippen LogP contribution in [0.1, 0.15) is 89.5 Å². The van der Waals surface area contributed by atoms with Crippen LogP contribution in [0.5, 0.6) is 0 Å². The molecule has 4 aromatic carbocycles. The van der Waals surface area contributed by atoms with Gasteiger partial charge in [-0.2, -0.15) is 0 Å². The van der Waals surface area contributed by atoms with Crippen LogP contribution in [0.2, 0.25) is 0 Å². The van der Waals surface area contributed by atoms with E-state index < -0.39 is 0 Å². The van der Waals surface area contributed by atoms with Crippen molar-refractivity contribution in [1.29, 1.82) is 0 Å². The van der Waals surface area contributed by atoms with Gasteiger partial charge in [0.1, 0.15) is 22.3 Å². The third-order valence-electron chi connectivity index (χ3n) is 14.2. The second-order valence-electron chi connectivity index (χ2n) is 19.9. The summed E-state index contributed by atoms with van der Waals surface area (Å²) in [5.41, 5.74) is 32.6. The van der Waals surface area contributed by atoms with Crippen molar-refractivity contribution in [3.05, 3.63) is 187 Å². The van der Waals surface area contributed by atoms with Crippen LogP contribution in [0.15, 0.2) is 106 Å². The molecule has 70 heavy (non-hydrogen) atoms. The molecule has 7 heterocycles. The minimum Gasteiger partial charge on any atom is -0.456 e. The van der Waals surface area contributed by atoms with E-state index >= 15 is 0 Å². The molecule has 11 rings (SSSR count). The fourth-order valence-electron chi connectivity index (χ4n) is 11.7. The van der Waals surface area contributed by atoms with Crippen LogP contribution >= 0.6 is 0 Å². The molecule has 0 radical (unpaired) electrons. The zero-order valence-electron chi connectivity index (χ0n) is 42.3. The summed E-state index contributed by atoms with van der Waals surface area (Å²) < 4.78 is 14.5. The topological polar surface area (TPSA) is 83.6 Å². The number of aromatic nitrogens is 4. The summed E-state index contributed by atoms with van der Waals surface area (Å²) in [6.07, 6.45) is 8.48. The average molecular weight is 915 g/mol. The molecule has 5 aromatic heterocycles. The van der Waals surface area contributed by atoms with Gasteiger partial charge in [-0.05, 0) is 223 Å². The Hall–Kier alpha value is -7.96. The molecule has 346 valence electrons. The van der Waals surface area contributed by atoms with Crippen molar-refractivity contribution in [1.82, 2.24) is 19.9 Å². The Morgan fingerprint density at radius 2 is 0.514 bits per heavy atom. The van der Waals surface area contributed by atoms with Crippen LogP contribution in [0.3, 0.4) is 0 Å². The fraction of sp³-hybridized carbons (Fsp3) is 0.188. The number of benzene rings is 4. The van der Waals surface area contributed by atoms with E-state index in [9.17, 15) is 0 Å². The van der Waals surface area contributed by atoms with Crippen molar-refractivity contribution in [2.75, 3.05) is 0 Å². The van der Waals surface area contributed by atoms with Gasteiger partial charge in [0.25, 0.3) is 0 Å². The quantitative estimate of drug-likeness (QED) is 0.184. The first-order chi connectivity index (χ1) is 33.6. The Labute approximate surface area is 409 Å². The highest BCUT2D eigenvalue weighted by molar-refractivity contribution is 6.01. The molecular weight excluding hydrogens is 857 g/mol. The number of hydrogen-bond donors (Lipinski definition) is 2. The number of aromatic amines is 2. The molecule has 9 aromatic rings. The molecule has 0 saturated carbocycles. The standard InChI is InChI=1S/C64H58N4O2/c1-33-25-37(5)57(38(6)26-33)61-49-17-13-45(65-49)46-14-18-51(66-46)63(59-41(9)29-35(3)30-42(59)10)55-23-24-56(70-55)64(60-43(11)31-36(4)32-44(60)12)52-20-16-48(68-52)47-15-19-50(67-47)62(54-22-21-53(61)69-54)58-39(7)27-34(2)28-40(58)8/h13-32,65,68H,1-12H3. The van der Waals surface area contributed by atoms with E-state index in [1.807, 2.05) is 0 Å². The van der Waals surface area contributed by atoms with Gasteiger partial charge >= 0.3 is 0 Å². The molecule has 2 N–H and O–H groups in total. The molecule has 0 amide bonds. The molecule has 12 bridgehead atoms. The Morgan fingerprint density at radius 3 is 0.814 bits per heavy atom. The molecule has 6 nitrogen and oxygen atoms in total. The van der Waals surface area contributed by atoms with Crippen molar-refractivity contribution < 1.29 is 8.83 Å². The van der Waals surface area contributed by atoms with Crippen LogP contribution in [0.4, 0.5) is 0 Å². The van der Waals surface area contributed by atoms with E-state index in [4.69, 9.17) is 18.8 Å². The minimum absolute atomic E-state index is 0.748. The predicted molar refractivity (Wildman–Crippen MR) is 295 cm³/mol. The van der Waals surface area contributed by atoms with E-state index in [1.54, 1.807) is 0 Å². The monoisotopic (exact) mass is 914 g/mol. The van der Waals surface area contributed by atoms with Crippen molar-refractivity contribution in [3.63, 3.8) is 0 Å². The molecule has 6 heteroatoms. The lowest BCUT2D eigenvalue weighted by Gasteiger charge is -2.13. The third kappa shape index (κ3) is 7.59. The number of nitrogens with one attached hydrogen (secondary N) is 2. The van der Waals surface area contributed by atoms with Gasteiger partial charge < -0.3 is 18.8 Å². The lowest BCUT2D eigenvalue weighted by atomic mass is 9.93. The van der Waals surface area contributed by atoms with Gasteiger partial charge in [0.2, 0.25) is 0 Å². The molecule has 0 unspecified atom stereocenters. The van der Waals surface area contributed by atoms with Gasteiger partial charge in [-0.3, -0.25) is 0 Å². The van der Waals surface area contributed by atoms with E-state index in [2.05, 4.69) is 214 Å². The number of furan rings is 2. The smallest absolute Gasteiger partial charge is 0.137 e. The number of aryl methyl sites for hydroxylation is 12. The maximum atomic E-state index is 7.23. The Balaban J connectivity index is 1.33. The summed E-state index contributed by atoms with van der Waals surface area (Å²) in [4.78, 5) is 18.6. The Morgan fingerprint density at radius 1 is 0.271 bits per heavy atom. The first-order valence-electron chi connectivity index (χ1n) is 24.3. The summed E-state index contributed by atoms with van der Waals surface area (Å²) in [7, 11) is 0. The summed E-state index contributed by atoms with van der Waals surface area (Å²) in [6, 6.07) is 35.1. The van der Waals surface area contributed by atoms with Gasteiger partial charge in [0, 0.05) is 11.1 Å². The van der Waals surface area contributed by atoms with Crippen LogP contribution < -0.4 is 0 Å². The first-order valence-corrected chi connectivity index (χ1v) is 24.3. The number of rotatable bonds is 4. The lowest BCUT2D eigenvalue weighted by Crippen LogP contribution is -1.93. The molecule has 2 aliphatic rings. The van der Waals surface area contributed by atoms with Crippen molar-refractivity contribution in [2.45, 2.75) is 83.1 Å². The minimum atomic E-state index is 0.748. The van der Waals surface area contributed by atoms with Gasteiger partial charge in [-0.25, -0.2) is 9.97 Å². The Bertz CT molecular complexity index is 3670. The van der Waals surface area contributed by atoms with E-state index in [-0.39, 0.29) is 0 Å². The number of nitrogens with zero attached hydrogens (tertiary/aromatic N) is 2. The van der Waals surface area contributed by atoms with E-state index in [1.165, 1.54) is 44.5 Å². The van der Waals surface area contributed by atoms with Crippen molar-refractivity contribution in [2.24, 2.45) is 0 Å². The summed E-state index contributed by atoms with van der Waals surface area (Å²) in [6.45, 7) is 26.1. The van der Waals surface area contributed by atoms with Crippen molar-refractivity contribution >= 4 is 68.7 Å². The maximum absolute atomic E-state index is 7.23. The molecule has 0 fully saturated rings. The highest BCUT2D eigenvalue weighted by atomic mass is 16.3. The lowest BCUT2D eigenvalue weighted by molar-refractivity contribution is 0.667. The van der Waals surface area contributed by atoms with Gasteiger partial charge in [-0.15, -0.1) is 0 Å². The Kier molecular flexibility index (Phi) is 10.8. The van der Waals surface area contributed by atoms with Gasteiger partial charge in [0.05, 0.1) is 56.0 Å². The molecule has 2 aliphatic heterocycles. The maximum Gasteiger partial charge on any atom is 0.137 e. The SMILES string of the molecule is Cc1cc(C)c(-c2c3nc(c4ccc([nH]4)c(-c4c(C)cc(C)cc4C)c4ccc(o4)c(-c4c(C)cc(C)cc4C)c4nc(c5ccc([nH]5)c(-c5c(C)cc(C)cc5C)c5ccc2o5)C=C4)C=C3)c(C)c1. The van der Waals surface area contributed by atoms with Crippen LogP contribution in [-0.4, -0.2) is 19.9 Å². The molecule has 0 spiro atoms. The van der Waals surface area contributed by atoms with E-state index in [0.29, 0.717) is 0 Å². The third-order valence-corrected chi connectivity index (χ3v) is 14.2. The van der Waals surface area contributed by atoms with E-state index in [0.717, 1.165) is 134 Å². The van der Waals surface area contributed by atoms with Crippen LogP contribution in [-0.2, 0) is 0 Å². The summed E-state index contributed by atoms with van der Waals surface area (Å²) in [5.74, 6) is 0. The molecule has 0 aliphatic carbocycles. The number of hydrogen-bond acceptors (Lipinski definition) is 4. The number of fused-ring (bicyclic) bond motifs is 14. The molecule has 0 atom stereocenters. The summed E-state index contributed by atoms with van der Waals surface area (Å²) in [5, 5.41) is 0.